The first-order valence-corrected chi connectivity index (χ1v) is 6.24. The molecule has 0 atom stereocenters. The number of thioether (sulfide) groups is 2. The van der Waals surface area contributed by atoms with Crippen LogP contribution in [0.25, 0.3) is 0 Å². The highest BCUT2D eigenvalue weighted by atomic mass is 32.2. The summed E-state index contributed by atoms with van der Waals surface area (Å²) in [4.78, 5) is 7.94. The summed E-state index contributed by atoms with van der Waals surface area (Å²) in [5.41, 5.74) is -0.724. The van der Waals surface area contributed by atoms with Gasteiger partial charge in [-0.3, -0.25) is 4.99 Å². The van der Waals surface area contributed by atoms with Gasteiger partial charge in [0.1, 0.15) is 9.40 Å². The van der Waals surface area contributed by atoms with E-state index in [-0.39, 0.29) is 0 Å². The van der Waals surface area contributed by atoms with Crippen molar-refractivity contribution < 1.29 is 13.2 Å². The van der Waals surface area contributed by atoms with Crippen LogP contribution in [0.1, 0.15) is 5.56 Å². The second-order valence-corrected chi connectivity index (χ2v) is 5.33. The van der Waals surface area contributed by atoms with E-state index in [4.69, 9.17) is 0 Å². The Bertz CT molecular complexity index is 400. The second-order valence-electron chi connectivity index (χ2n) is 2.98. The molecule has 1 aliphatic rings. The molecule has 7 heteroatoms. The number of hydrogen-bond acceptors (Lipinski definition) is 4. The van der Waals surface area contributed by atoms with Crippen LogP contribution in [0.15, 0.2) is 28.3 Å². The Kier molecular flexibility index (Phi) is 3.44. The smallest absolute Gasteiger partial charge is 0.271 e. The summed E-state index contributed by atoms with van der Waals surface area (Å²) in [6.07, 6.45) is -3.47. The van der Waals surface area contributed by atoms with E-state index in [0.29, 0.717) is 5.03 Å². The molecule has 1 aromatic rings. The Labute approximate surface area is 98.7 Å². The van der Waals surface area contributed by atoms with Crippen LogP contribution >= 0.6 is 23.5 Å². The Morgan fingerprint density at radius 1 is 1.31 bits per heavy atom. The zero-order chi connectivity index (χ0) is 11.6. The third-order valence-corrected chi connectivity index (χ3v) is 3.93. The van der Waals surface area contributed by atoms with E-state index in [2.05, 4.69) is 9.98 Å². The summed E-state index contributed by atoms with van der Waals surface area (Å²) in [6, 6.07) is 2.41. The van der Waals surface area contributed by atoms with Gasteiger partial charge in [0.2, 0.25) is 0 Å². The van der Waals surface area contributed by atoms with Crippen molar-refractivity contribution in [1.29, 1.82) is 0 Å². The quantitative estimate of drug-likeness (QED) is 0.778. The van der Waals surface area contributed by atoms with Crippen LogP contribution in [0.3, 0.4) is 0 Å². The summed E-state index contributed by atoms with van der Waals surface area (Å²) < 4.78 is 37.6. The van der Waals surface area contributed by atoms with Crippen molar-refractivity contribution in [1.82, 2.24) is 4.98 Å². The lowest BCUT2D eigenvalue weighted by Gasteiger charge is -2.06. The molecule has 0 aromatic carbocycles. The molecule has 0 amide bonds. The molecule has 0 fully saturated rings. The predicted molar refractivity (Wildman–Crippen MR) is 59.9 cm³/mol. The molecule has 0 spiro atoms. The number of alkyl halides is 3. The van der Waals surface area contributed by atoms with Crippen LogP contribution in [0, 0.1) is 0 Å². The Morgan fingerprint density at radius 3 is 2.62 bits per heavy atom. The summed E-state index contributed by atoms with van der Waals surface area (Å²) in [5.74, 6) is 0.934. The largest absolute Gasteiger partial charge is 0.417 e. The van der Waals surface area contributed by atoms with Crippen molar-refractivity contribution >= 4 is 27.9 Å². The second kappa shape index (κ2) is 4.67. The predicted octanol–water partition coefficient (Wildman–Crippen LogP) is 3.30. The Morgan fingerprint density at radius 2 is 2.12 bits per heavy atom. The maximum absolute atomic E-state index is 12.2. The highest BCUT2D eigenvalue weighted by Gasteiger charge is 2.30. The summed E-state index contributed by atoms with van der Waals surface area (Å²) in [7, 11) is 0. The molecular weight excluding hydrogens is 257 g/mol. The summed E-state index contributed by atoms with van der Waals surface area (Å²) >= 11 is 2.90. The van der Waals surface area contributed by atoms with E-state index in [9.17, 15) is 13.2 Å². The van der Waals surface area contributed by atoms with Gasteiger partial charge in [-0.15, -0.1) is 0 Å². The van der Waals surface area contributed by atoms with E-state index in [1.165, 1.54) is 17.8 Å². The molecule has 0 bridgehead atoms. The molecule has 0 radical (unpaired) electrons. The van der Waals surface area contributed by atoms with Crippen LogP contribution in [-0.4, -0.2) is 21.7 Å². The molecule has 0 N–H and O–H groups in total. The van der Waals surface area contributed by atoms with Crippen molar-refractivity contribution in [3.63, 3.8) is 0 Å². The van der Waals surface area contributed by atoms with Crippen molar-refractivity contribution in [2.24, 2.45) is 4.99 Å². The molecule has 1 aromatic heterocycles. The molecular formula is C9H7F3N2S2. The zero-order valence-electron chi connectivity index (χ0n) is 7.99. The minimum absolute atomic E-state index is 0.543. The van der Waals surface area contributed by atoms with Crippen molar-refractivity contribution in [3.8, 4) is 0 Å². The van der Waals surface area contributed by atoms with Gasteiger partial charge in [-0.2, -0.15) is 13.2 Å². The lowest BCUT2D eigenvalue weighted by Crippen LogP contribution is -2.05. The fourth-order valence-electron chi connectivity index (χ4n) is 1.08. The fourth-order valence-corrected chi connectivity index (χ4v) is 2.93. The molecule has 2 rings (SSSR count). The van der Waals surface area contributed by atoms with Crippen LogP contribution in [0.5, 0.6) is 0 Å². The van der Waals surface area contributed by atoms with E-state index >= 15 is 0 Å². The van der Waals surface area contributed by atoms with Crippen molar-refractivity contribution in [3.05, 3.63) is 23.9 Å². The lowest BCUT2D eigenvalue weighted by molar-refractivity contribution is -0.137. The van der Waals surface area contributed by atoms with Crippen molar-refractivity contribution in [2.75, 3.05) is 12.3 Å². The number of pyridine rings is 1. The van der Waals surface area contributed by atoms with Gasteiger partial charge in [-0.05, 0) is 23.9 Å². The molecule has 1 aliphatic heterocycles. The maximum Gasteiger partial charge on any atom is 0.417 e. The highest BCUT2D eigenvalue weighted by molar-refractivity contribution is 8.39. The van der Waals surface area contributed by atoms with E-state index in [0.717, 1.165) is 28.9 Å². The van der Waals surface area contributed by atoms with Gasteiger partial charge in [0, 0.05) is 11.9 Å². The van der Waals surface area contributed by atoms with Gasteiger partial charge in [0.05, 0.1) is 12.1 Å². The zero-order valence-corrected chi connectivity index (χ0v) is 9.62. The topological polar surface area (TPSA) is 25.2 Å². The van der Waals surface area contributed by atoms with Crippen LogP contribution < -0.4 is 0 Å². The number of nitrogens with zero attached hydrogens (tertiary/aromatic N) is 2. The Hall–Kier alpha value is -0.690. The van der Waals surface area contributed by atoms with Gasteiger partial charge in [0.25, 0.3) is 0 Å². The molecule has 2 heterocycles. The number of halogens is 3. The van der Waals surface area contributed by atoms with E-state index in [1.807, 2.05) is 0 Å². The molecule has 2 nitrogen and oxygen atoms in total. The van der Waals surface area contributed by atoms with Crippen LogP contribution in [-0.2, 0) is 6.18 Å². The molecule has 86 valence electrons. The minimum atomic E-state index is -4.32. The number of aromatic nitrogens is 1. The van der Waals surface area contributed by atoms with Crippen LogP contribution in [0.4, 0.5) is 13.2 Å². The van der Waals surface area contributed by atoms with Gasteiger partial charge < -0.3 is 0 Å². The lowest BCUT2D eigenvalue weighted by atomic mass is 10.3. The normalized spacial score (nSPS) is 16.3. The number of hydrogen-bond donors (Lipinski definition) is 0. The SMILES string of the molecule is FC(F)(F)c1ccc(SC2=NCCS2)nc1. The first-order valence-electron chi connectivity index (χ1n) is 4.44. The van der Waals surface area contributed by atoms with Gasteiger partial charge >= 0.3 is 6.18 Å². The van der Waals surface area contributed by atoms with Gasteiger partial charge in [0.15, 0.2) is 0 Å². The standard InChI is InChI=1S/C9H7F3N2S2/c10-9(11,12)6-1-2-7(14-5-6)16-8-13-3-4-15-8/h1-2,5H,3-4H2. The monoisotopic (exact) mass is 264 g/mol. The van der Waals surface area contributed by atoms with Crippen molar-refractivity contribution in [2.45, 2.75) is 11.2 Å². The first kappa shape index (κ1) is 11.8. The Balaban J connectivity index is 2.07. The molecule has 16 heavy (non-hydrogen) atoms. The van der Waals surface area contributed by atoms with Crippen LogP contribution in [0.2, 0.25) is 0 Å². The summed E-state index contributed by atoms with van der Waals surface area (Å²) in [5, 5.41) is 0.543. The highest BCUT2D eigenvalue weighted by Crippen LogP contribution is 2.31. The third-order valence-electron chi connectivity index (χ3n) is 1.81. The van der Waals surface area contributed by atoms with Gasteiger partial charge in [-0.25, -0.2) is 4.98 Å². The molecule has 0 saturated heterocycles. The van der Waals surface area contributed by atoms with E-state index in [1.54, 1.807) is 11.8 Å². The number of rotatable bonds is 1. The van der Waals surface area contributed by atoms with Gasteiger partial charge in [-0.1, -0.05) is 11.8 Å². The third kappa shape index (κ3) is 2.91. The summed E-state index contributed by atoms with van der Waals surface area (Å²) in [6.45, 7) is 0.771. The molecule has 0 saturated carbocycles. The maximum atomic E-state index is 12.2. The fraction of sp³-hybridized carbons (Fsp3) is 0.333. The first-order chi connectivity index (χ1) is 7.55. The number of aliphatic imine (C=N–C) groups is 1. The average molecular weight is 264 g/mol. The minimum Gasteiger partial charge on any atom is -0.271 e. The average Bonchev–Trinajstić information content (AvgIpc) is 2.70. The molecule has 0 unspecified atom stereocenters. The molecule has 0 aliphatic carbocycles. The van der Waals surface area contributed by atoms with E-state index < -0.39 is 11.7 Å².